The highest BCUT2D eigenvalue weighted by Gasteiger charge is 2.16. The van der Waals surface area contributed by atoms with Crippen LogP contribution in [0.25, 0.3) is 5.69 Å². The molecule has 2 heterocycles. The third kappa shape index (κ3) is 4.11. The largest absolute Gasteiger partial charge is 0.349 e. The maximum Gasteiger partial charge on any atom is 0.271 e. The van der Waals surface area contributed by atoms with E-state index in [2.05, 4.69) is 20.8 Å². The van der Waals surface area contributed by atoms with E-state index in [1.807, 2.05) is 42.6 Å². The maximum absolute atomic E-state index is 12.3. The number of carbonyl (C=O) groups is 2. The predicted molar refractivity (Wildman–Crippen MR) is 92.4 cm³/mol. The molecule has 0 aliphatic heterocycles. The van der Waals surface area contributed by atoms with Gasteiger partial charge in [0, 0.05) is 31.9 Å². The molecule has 0 saturated heterocycles. The summed E-state index contributed by atoms with van der Waals surface area (Å²) < 4.78 is 3.26. The number of hydrogen-bond acceptors (Lipinski definition) is 4. The van der Waals surface area contributed by atoms with Gasteiger partial charge in [-0.2, -0.15) is 10.2 Å². The van der Waals surface area contributed by atoms with E-state index in [0.717, 1.165) is 5.69 Å². The second-order valence-corrected chi connectivity index (χ2v) is 5.37. The molecule has 0 radical (unpaired) electrons. The molecule has 25 heavy (non-hydrogen) atoms. The van der Waals surface area contributed by atoms with Crippen LogP contribution in [0.15, 0.2) is 54.9 Å². The molecule has 3 aromatic rings. The van der Waals surface area contributed by atoms with Gasteiger partial charge in [-0.25, -0.2) is 4.68 Å². The van der Waals surface area contributed by atoms with Gasteiger partial charge in [-0.1, -0.05) is 18.2 Å². The molecular weight excluding hydrogens is 320 g/mol. The van der Waals surface area contributed by atoms with Crippen LogP contribution in [-0.2, 0) is 11.3 Å². The Hall–Kier alpha value is -3.42. The number of para-hydroxylation sites is 1. The summed E-state index contributed by atoms with van der Waals surface area (Å²) >= 11 is 0. The number of nitrogens with zero attached hydrogens (tertiary/aromatic N) is 4. The van der Waals surface area contributed by atoms with Crippen molar-refractivity contribution in [2.75, 3.05) is 11.9 Å². The summed E-state index contributed by atoms with van der Waals surface area (Å²) in [5.74, 6) is -0.105. The molecule has 0 atom stereocenters. The zero-order valence-electron chi connectivity index (χ0n) is 13.7. The minimum atomic E-state index is -0.312. The molecule has 3 rings (SSSR count). The Labute approximate surface area is 144 Å². The van der Waals surface area contributed by atoms with Crippen molar-refractivity contribution in [2.24, 2.45) is 0 Å². The van der Waals surface area contributed by atoms with Crippen LogP contribution >= 0.6 is 0 Å². The topological polar surface area (TPSA) is 93.8 Å². The Bertz CT molecular complexity index is 855. The Kier molecular flexibility index (Phi) is 4.89. The van der Waals surface area contributed by atoms with Crippen molar-refractivity contribution in [2.45, 2.75) is 13.5 Å². The number of hydrogen-bond donors (Lipinski definition) is 2. The van der Waals surface area contributed by atoms with Crippen LogP contribution in [0.3, 0.4) is 0 Å². The Morgan fingerprint density at radius 3 is 2.64 bits per heavy atom. The molecule has 8 nitrogen and oxygen atoms in total. The fraction of sp³-hybridized carbons (Fsp3) is 0.176. The zero-order chi connectivity index (χ0) is 17.6. The zero-order valence-corrected chi connectivity index (χ0v) is 13.7. The number of benzene rings is 1. The van der Waals surface area contributed by atoms with Gasteiger partial charge in [-0.3, -0.25) is 14.3 Å². The number of rotatable bonds is 6. The third-order valence-corrected chi connectivity index (χ3v) is 3.43. The number of amides is 2. The molecular formula is C17H18N6O2. The molecule has 1 aromatic carbocycles. The summed E-state index contributed by atoms with van der Waals surface area (Å²) in [7, 11) is 0. The molecule has 2 amide bonds. The highest BCUT2D eigenvalue weighted by atomic mass is 16.2. The number of aromatic nitrogens is 4. The summed E-state index contributed by atoms with van der Waals surface area (Å²) in [4.78, 5) is 23.7. The van der Waals surface area contributed by atoms with Gasteiger partial charge in [0.2, 0.25) is 5.91 Å². The molecule has 0 aliphatic rings. The second kappa shape index (κ2) is 7.43. The molecule has 0 fully saturated rings. The van der Waals surface area contributed by atoms with Gasteiger partial charge < -0.3 is 10.6 Å². The van der Waals surface area contributed by atoms with Crippen LogP contribution in [0.4, 0.5) is 5.82 Å². The first-order chi connectivity index (χ1) is 12.1. The van der Waals surface area contributed by atoms with Crippen molar-refractivity contribution >= 4 is 17.6 Å². The summed E-state index contributed by atoms with van der Waals surface area (Å²) in [6.45, 7) is 2.40. The molecule has 8 heteroatoms. The van der Waals surface area contributed by atoms with E-state index in [9.17, 15) is 9.59 Å². The summed E-state index contributed by atoms with van der Waals surface area (Å²) in [6.07, 6.45) is 3.51. The highest BCUT2D eigenvalue weighted by Crippen LogP contribution is 2.17. The Morgan fingerprint density at radius 1 is 1.16 bits per heavy atom. The first-order valence-electron chi connectivity index (χ1n) is 7.82. The van der Waals surface area contributed by atoms with E-state index in [1.54, 1.807) is 16.9 Å². The monoisotopic (exact) mass is 338 g/mol. The second-order valence-electron chi connectivity index (χ2n) is 5.37. The van der Waals surface area contributed by atoms with E-state index in [0.29, 0.717) is 18.9 Å². The molecule has 0 saturated carbocycles. The number of nitrogens with one attached hydrogen (secondary N) is 2. The quantitative estimate of drug-likeness (QED) is 0.711. The molecule has 0 spiro atoms. The average molecular weight is 338 g/mol. The van der Waals surface area contributed by atoms with E-state index in [4.69, 9.17) is 0 Å². The van der Waals surface area contributed by atoms with Gasteiger partial charge in [0.15, 0.2) is 5.69 Å². The standard InChI is InChI=1S/C17H18N6O2/c1-13(24)20-16-12-15(21-23(16)14-6-3-2-4-7-14)17(25)18-9-11-22-10-5-8-19-22/h2-8,10,12H,9,11H2,1H3,(H,18,25)(H,20,24). The lowest BCUT2D eigenvalue weighted by molar-refractivity contribution is -0.114. The lowest BCUT2D eigenvalue weighted by Gasteiger charge is -2.06. The van der Waals surface area contributed by atoms with Crippen molar-refractivity contribution in [1.82, 2.24) is 24.9 Å². The predicted octanol–water partition coefficient (Wildman–Crippen LogP) is 1.46. The third-order valence-electron chi connectivity index (χ3n) is 3.43. The molecule has 0 aliphatic carbocycles. The van der Waals surface area contributed by atoms with Crippen molar-refractivity contribution in [3.05, 3.63) is 60.6 Å². The molecule has 2 aromatic heterocycles. The first kappa shape index (κ1) is 16.4. The van der Waals surface area contributed by atoms with Gasteiger partial charge in [0.05, 0.1) is 12.2 Å². The fourth-order valence-electron chi connectivity index (χ4n) is 2.33. The highest BCUT2D eigenvalue weighted by molar-refractivity contribution is 5.95. The van der Waals surface area contributed by atoms with Crippen molar-refractivity contribution in [1.29, 1.82) is 0 Å². The van der Waals surface area contributed by atoms with Crippen LogP contribution in [0.2, 0.25) is 0 Å². The van der Waals surface area contributed by atoms with E-state index in [1.165, 1.54) is 11.6 Å². The van der Waals surface area contributed by atoms with Crippen molar-refractivity contribution in [3.63, 3.8) is 0 Å². The fourth-order valence-corrected chi connectivity index (χ4v) is 2.33. The smallest absolute Gasteiger partial charge is 0.271 e. The average Bonchev–Trinajstić information content (AvgIpc) is 3.25. The first-order valence-corrected chi connectivity index (χ1v) is 7.82. The molecule has 0 bridgehead atoms. The molecule has 0 unspecified atom stereocenters. The maximum atomic E-state index is 12.3. The molecule has 2 N–H and O–H groups in total. The van der Waals surface area contributed by atoms with Crippen molar-refractivity contribution in [3.8, 4) is 5.69 Å². The normalized spacial score (nSPS) is 10.4. The Morgan fingerprint density at radius 2 is 1.96 bits per heavy atom. The van der Waals surface area contributed by atoms with Gasteiger partial charge >= 0.3 is 0 Å². The van der Waals surface area contributed by atoms with Crippen LogP contribution in [0.1, 0.15) is 17.4 Å². The van der Waals surface area contributed by atoms with Crippen molar-refractivity contribution < 1.29 is 9.59 Å². The van der Waals surface area contributed by atoms with E-state index in [-0.39, 0.29) is 17.5 Å². The van der Waals surface area contributed by atoms with Gasteiger partial charge in [0.25, 0.3) is 5.91 Å². The van der Waals surface area contributed by atoms with Gasteiger partial charge in [0.1, 0.15) is 5.82 Å². The van der Waals surface area contributed by atoms with E-state index >= 15 is 0 Å². The SMILES string of the molecule is CC(=O)Nc1cc(C(=O)NCCn2cccn2)nn1-c1ccccc1. The lowest BCUT2D eigenvalue weighted by Crippen LogP contribution is -2.27. The van der Waals surface area contributed by atoms with Crippen LogP contribution in [0, 0.1) is 0 Å². The summed E-state index contributed by atoms with van der Waals surface area (Å²) in [5.41, 5.74) is 0.981. The minimum Gasteiger partial charge on any atom is -0.349 e. The minimum absolute atomic E-state index is 0.230. The molecule has 128 valence electrons. The van der Waals surface area contributed by atoms with Crippen LogP contribution in [-0.4, -0.2) is 37.9 Å². The van der Waals surface area contributed by atoms with Gasteiger partial charge in [-0.05, 0) is 18.2 Å². The lowest BCUT2D eigenvalue weighted by atomic mass is 10.3. The summed E-state index contributed by atoms with van der Waals surface area (Å²) in [6, 6.07) is 12.7. The van der Waals surface area contributed by atoms with Crippen LogP contribution in [0.5, 0.6) is 0 Å². The number of anilines is 1. The number of carbonyl (C=O) groups excluding carboxylic acids is 2. The van der Waals surface area contributed by atoms with Crippen LogP contribution < -0.4 is 10.6 Å². The van der Waals surface area contributed by atoms with E-state index < -0.39 is 0 Å². The van der Waals surface area contributed by atoms with Gasteiger partial charge in [-0.15, -0.1) is 0 Å². The Balaban J connectivity index is 1.75. The summed E-state index contributed by atoms with van der Waals surface area (Å²) in [5, 5.41) is 13.9.